The smallest absolute Gasteiger partial charge is 0.328 e. The molecule has 1 saturated heterocycles. The Morgan fingerprint density at radius 1 is 1.12 bits per heavy atom. The summed E-state index contributed by atoms with van der Waals surface area (Å²) in [6, 6.07) is 16.0. The van der Waals surface area contributed by atoms with Crippen molar-refractivity contribution in [2.24, 2.45) is 0 Å². The molecular weight excluding hydrogens is 522 g/mol. The number of piperidine rings is 1. The van der Waals surface area contributed by atoms with Crippen molar-refractivity contribution in [3.8, 4) is 0 Å². The van der Waals surface area contributed by atoms with Gasteiger partial charge in [-0.25, -0.2) is 19.7 Å². The van der Waals surface area contributed by atoms with Crippen molar-refractivity contribution in [3.05, 3.63) is 77.7 Å². The van der Waals surface area contributed by atoms with E-state index in [4.69, 9.17) is 0 Å². The lowest BCUT2D eigenvalue weighted by molar-refractivity contribution is -0.122. The Labute approximate surface area is 237 Å². The lowest BCUT2D eigenvalue weighted by Crippen LogP contribution is -2.51. The summed E-state index contributed by atoms with van der Waals surface area (Å²) in [4.78, 5) is 39.8. The summed E-state index contributed by atoms with van der Waals surface area (Å²) in [5.74, 6) is 0.484. The summed E-state index contributed by atoms with van der Waals surface area (Å²) in [6.45, 7) is 4.80. The van der Waals surface area contributed by atoms with Crippen molar-refractivity contribution in [1.82, 2.24) is 30.1 Å². The van der Waals surface area contributed by atoms with Crippen molar-refractivity contribution in [1.29, 1.82) is 0 Å². The zero-order valence-corrected chi connectivity index (χ0v) is 23.3. The first-order valence-corrected chi connectivity index (χ1v) is 14.6. The number of benzene rings is 2. The van der Waals surface area contributed by atoms with E-state index < -0.39 is 11.3 Å². The molecule has 2 atom stereocenters. The van der Waals surface area contributed by atoms with Gasteiger partial charge in [-0.15, -0.1) is 0 Å². The molecule has 10 heteroatoms. The molecule has 2 N–H and O–H groups in total. The van der Waals surface area contributed by atoms with Gasteiger partial charge in [0.1, 0.15) is 16.6 Å². The summed E-state index contributed by atoms with van der Waals surface area (Å²) >= 11 is 1.41. The highest BCUT2D eigenvalue weighted by atomic mass is 32.2. The molecule has 1 fully saturated rings. The van der Waals surface area contributed by atoms with Gasteiger partial charge in [0.25, 0.3) is 0 Å². The van der Waals surface area contributed by atoms with Gasteiger partial charge >= 0.3 is 6.03 Å². The summed E-state index contributed by atoms with van der Waals surface area (Å²) in [6.07, 6.45) is 5.42. The summed E-state index contributed by atoms with van der Waals surface area (Å²) in [5.41, 5.74) is 5.11. The first-order chi connectivity index (χ1) is 19.4. The highest BCUT2D eigenvalue weighted by Crippen LogP contribution is 2.50. The highest BCUT2D eigenvalue weighted by molar-refractivity contribution is 8.01. The summed E-state index contributed by atoms with van der Waals surface area (Å²) < 4.78 is 2.22. The maximum absolute atomic E-state index is 13.6. The fourth-order valence-corrected chi connectivity index (χ4v) is 7.26. The number of anilines is 2. The van der Waals surface area contributed by atoms with Crippen molar-refractivity contribution in [2.45, 2.75) is 48.7 Å². The normalized spacial score (nSPS) is 20.9. The molecule has 3 amide bonds. The van der Waals surface area contributed by atoms with Gasteiger partial charge in [-0.2, -0.15) is 0 Å². The van der Waals surface area contributed by atoms with Gasteiger partial charge < -0.3 is 20.1 Å². The molecule has 0 spiro atoms. The van der Waals surface area contributed by atoms with E-state index in [1.807, 2.05) is 18.2 Å². The zero-order chi connectivity index (χ0) is 27.4. The second-order valence-corrected chi connectivity index (χ2v) is 12.1. The Bertz CT molecular complexity index is 1630. The van der Waals surface area contributed by atoms with Gasteiger partial charge in [-0.1, -0.05) is 41.6 Å². The molecule has 9 nitrogen and oxygen atoms in total. The highest BCUT2D eigenvalue weighted by Gasteiger charge is 2.47. The SMILES string of the molecule is Cc1cccc(Cn2ccc3cc(N4C(=O)NC5c6c(ncnc64)SC5C(=O)NC4CCN(C)CC4)ccc32)c1. The number of hydrogen-bond acceptors (Lipinski definition) is 6. The third-order valence-corrected chi connectivity index (χ3v) is 9.43. The topological polar surface area (TPSA) is 95.4 Å². The van der Waals surface area contributed by atoms with Crippen LogP contribution in [-0.4, -0.2) is 62.8 Å². The number of hydrogen-bond donors (Lipinski definition) is 2. The maximum atomic E-state index is 13.6. The molecule has 40 heavy (non-hydrogen) atoms. The second-order valence-electron chi connectivity index (χ2n) is 11.0. The zero-order valence-electron chi connectivity index (χ0n) is 22.5. The number of amides is 3. The lowest BCUT2D eigenvalue weighted by atomic mass is 10.0. The number of carbonyl (C=O) groups is 2. The predicted octanol–water partition coefficient (Wildman–Crippen LogP) is 4.38. The maximum Gasteiger partial charge on any atom is 0.328 e. The van der Waals surface area contributed by atoms with Crippen LogP contribution in [0.2, 0.25) is 0 Å². The van der Waals surface area contributed by atoms with Crippen LogP contribution in [0.1, 0.15) is 35.6 Å². The van der Waals surface area contributed by atoms with E-state index in [-0.39, 0.29) is 18.0 Å². The fraction of sp³-hybridized carbons (Fsp3) is 0.333. The molecule has 3 aliphatic heterocycles. The van der Waals surface area contributed by atoms with Gasteiger partial charge in [0.05, 0.1) is 17.3 Å². The second kappa shape index (κ2) is 9.94. The van der Waals surface area contributed by atoms with Crippen LogP contribution in [0, 0.1) is 6.92 Å². The number of likely N-dealkylation sites (tertiary alicyclic amines) is 1. The Morgan fingerprint density at radius 3 is 2.80 bits per heavy atom. The minimum Gasteiger partial charge on any atom is -0.352 e. The number of aromatic nitrogens is 3. The van der Waals surface area contributed by atoms with Crippen molar-refractivity contribution in [3.63, 3.8) is 0 Å². The van der Waals surface area contributed by atoms with Gasteiger partial charge in [-0.3, -0.25) is 4.79 Å². The molecule has 0 aliphatic carbocycles. The minimum atomic E-state index is -0.477. The van der Waals surface area contributed by atoms with Crippen LogP contribution in [0.25, 0.3) is 10.9 Å². The lowest BCUT2D eigenvalue weighted by Gasteiger charge is -2.34. The molecule has 0 saturated carbocycles. The fourth-order valence-electron chi connectivity index (χ4n) is 6.05. The van der Waals surface area contributed by atoms with Crippen LogP contribution in [-0.2, 0) is 11.3 Å². The number of rotatable bonds is 5. The Morgan fingerprint density at radius 2 is 1.98 bits per heavy atom. The van der Waals surface area contributed by atoms with Crippen LogP contribution in [0.4, 0.5) is 16.3 Å². The Hall–Kier alpha value is -3.89. The van der Waals surface area contributed by atoms with Crippen LogP contribution < -0.4 is 15.5 Å². The van der Waals surface area contributed by atoms with Crippen LogP contribution in [0.3, 0.4) is 0 Å². The molecule has 2 unspecified atom stereocenters. The third kappa shape index (κ3) is 4.41. The molecule has 0 bridgehead atoms. The number of urea groups is 1. The number of fused-ring (bicyclic) bond motifs is 1. The number of aryl methyl sites for hydroxylation is 1. The molecule has 0 radical (unpaired) electrons. The quantitative estimate of drug-likeness (QED) is 0.357. The molecule has 7 rings (SSSR count). The largest absolute Gasteiger partial charge is 0.352 e. The number of nitrogens with one attached hydrogen (secondary N) is 2. The van der Waals surface area contributed by atoms with Gasteiger partial charge in [0.2, 0.25) is 5.91 Å². The molecule has 2 aromatic carbocycles. The first-order valence-electron chi connectivity index (χ1n) is 13.7. The molecule has 5 heterocycles. The van der Waals surface area contributed by atoms with Crippen molar-refractivity contribution < 1.29 is 9.59 Å². The number of thioether (sulfide) groups is 1. The van der Waals surface area contributed by atoms with E-state index in [1.165, 1.54) is 29.2 Å². The van der Waals surface area contributed by atoms with Crippen LogP contribution in [0.15, 0.2) is 66.1 Å². The monoisotopic (exact) mass is 553 g/mol. The van der Waals surface area contributed by atoms with E-state index in [0.717, 1.165) is 59.7 Å². The molecule has 3 aliphatic rings. The Balaban J connectivity index is 1.16. The molecule has 2 aromatic heterocycles. The molecule has 4 aromatic rings. The van der Waals surface area contributed by atoms with Crippen molar-refractivity contribution >= 4 is 46.1 Å². The van der Waals surface area contributed by atoms with Gasteiger partial charge in [0.15, 0.2) is 5.82 Å². The third-order valence-electron chi connectivity index (χ3n) is 8.14. The van der Waals surface area contributed by atoms with Crippen LogP contribution in [0.5, 0.6) is 0 Å². The van der Waals surface area contributed by atoms with Crippen molar-refractivity contribution in [2.75, 3.05) is 25.0 Å². The van der Waals surface area contributed by atoms with E-state index >= 15 is 0 Å². The summed E-state index contributed by atoms with van der Waals surface area (Å²) in [5, 5.41) is 7.63. The Kier molecular flexibility index (Phi) is 6.24. The predicted molar refractivity (Wildman–Crippen MR) is 156 cm³/mol. The standard InChI is InChI=1S/C30H31N7O2S/c1-18-4-3-5-19(14-18)16-36-13-8-20-15-22(6-7-23(20)36)37-27-24-25(34-30(37)39)26(40-29(24)32-17-31-27)28(38)33-21-9-11-35(2)12-10-21/h3-8,13-15,17,21,25-26H,9-12,16H2,1-2H3,(H,33,38)(H,34,39). The molecule has 204 valence electrons. The van der Waals surface area contributed by atoms with Crippen LogP contribution >= 0.6 is 11.8 Å². The average molecular weight is 554 g/mol. The first kappa shape index (κ1) is 25.1. The molecular formula is C30H31N7O2S. The minimum absolute atomic E-state index is 0.0568. The van der Waals surface area contributed by atoms with Gasteiger partial charge in [-0.05, 0) is 69.7 Å². The van der Waals surface area contributed by atoms with E-state index in [1.54, 1.807) is 4.90 Å². The summed E-state index contributed by atoms with van der Waals surface area (Å²) in [7, 11) is 2.10. The van der Waals surface area contributed by atoms with E-state index in [9.17, 15) is 9.59 Å². The van der Waals surface area contributed by atoms with E-state index in [2.05, 4.69) is 80.6 Å². The average Bonchev–Trinajstić information content (AvgIpc) is 3.52. The number of nitrogens with zero attached hydrogens (tertiary/aromatic N) is 5. The van der Waals surface area contributed by atoms with E-state index in [0.29, 0.717) is 5.82 Å². The number of carbonyl (C=O) groups excluding carboxylic acids is 2. The van der Waals surface area contributed by atoms with Gasteiger partial charge in [0, 0.05) is 29.7 Å².